The van der Waals surface area contributed by atoms with Gasteiger partial charge in [-0.1, -0.05) is 25.2 Å². The zero-order valence-corrected chi connectivity index (χ0v) is 9.69. The minimum absolute atomic E-state index is 0.144. The number of carbonyl (C=O) groups is 1. The highest BCUT2D eigenvalue weighted by atomic mass is 32.1. The SMILES string of the molecule is CCCCc1ccsc1C#CCC(N)=O. The Hall–Kier alpha value is -1.27. The van der Waals surface area contributed by atoms with Crippen LogP contribution in [-0.2, 0) is 11.2 Å². The zero-order valence-electron chi connectivity index (χ0n) is 8.88. The van der Waals surface area contributed by atoms with Crippen molar-refractivity contribution in [2.24, 2.45) is 5.73 Å². The molecule has 15 heavy (non-hydrogen) atoms. The molecular weight excluding hydrogens is 206 g/mol. The predicted octanol–water partition coefficient (Wildman–Crippen LogP) is 2.32. The first-order valence-electron chi connectivity index (χ1n) is 5.07. The largest absolute Gasteiger partial charge is 0.369 e. The van der Waals surface area contributed by atoms with Crippen molar-refractivity contribution in [3.63, 3.8) is 0 Å². The van der Waals surface area contributed by atoms with Gasteiger partial charge in [0.15, 0.2) is 0 Å². The molecule has 1 heterocycles. The van der Waals surface area contributed by atoms with Gasteiger partial charge in [-0.15, -0.1) is 11.3 Å². The van der Waals surface area contributed by atoms with Crippen LogP contribution < -0.4 is 5.73 Å². The van der Waals surface area contributed by atoms with Crippen LogP contribution >= 0.6 is 11.3 Å². The number of amides is 1. The van der Waals surface area contributed by atoms with Crippen LogP contribution in [0.2, 0.25) is 0 Å². The average Bonchev–Trinajstić information content (AvgIpc) is 2.62. The first-order valence-corrected chi connectivity index (χ1v) is 5.95. The predicted molar refractivity (Wildman–Crippen MR) is 63.6 cm³/mol. The summed E-state index contributed by atoms with van der Waals surface area (Å²) in [4.78, 5) is 11.6. The van der Waals surface area contributed by atoms with Crippen LogP contribution in [0.4, 0.5) is 0 Å². The Labute approximate surface area is 94.5 Å². The molecule has 2 nitrogen and oxygen atoms in total. The maximum Gasteiger partial charge on any atom is 0.229 e. The standard InChI is InChI=1S/C12H15NOS/c1-2-3-5-10-8-9-15-11(10)6-4-7-12(13)14/h8-9H,2-3,5,7H2,1H3,(H2,13,14). The van der Waals surface area contributed by atoms with Gasteiger partial charge >= 0.3 is 0 Å². The van der Waals surface area contributed by atoms with E-state index in [1.165, 1.54) is 18.4 Å². The van der Waals surface area contributed by atoms with Crippen molar-refractivity contribution in [1.29, 1.82) is 0 Å². The molecule has 1 aromatic heterocycles. The van der Waals surface area contributed by atoms with Gasteiger partial charge in [0.2, 0.25) is 5.91 Å². The smallest absolute Gasteiger partial charge is 0.229 e. The van der Waals surface area contributed by atoms with Crippen molar-refractivity contribution in [1.82, 2.24) is 0 Å². The van der Waals surface area contributed by atoms with E-state index in [0.29, 0.717) is 0 Å². The molecule has 1 aromatic rings. The Morgan fingerprint density at radius 2 is 2.40 bits per heavy atom. The Balaban J connectivity index is 2.62. The molecule has 0 saturated heterocycles. The first kappa shape index (κ1) is 11.8. The lowest BCUT2D eigenvalue weighted by molar-refractivity contribution is -0.117. The summed E-state index contributed by atoms with van der Waals surface area (Å²) in [6, 6.07) is 2.11. The molecule has 0 bridgehead atoms. The van der Waals surface area contributed by atoms with E-state index in [-0.39, 0.29) is 12.3 Å². The molecule has 0 fully saturated rings. The van der Waals surface area contributed by atoms with E-state index in [1.807, 2.05) is 5.38 Å². The number of primary amides is 1. The summed E-state index contributed by atoms with van der Waals surface area (Å²) in [7, 11) is 0. The maximum absolute atomic E-state index is 10.5. The molecule has 1 rings (SSSR count). The Kier molecular flexibility index (Phi) is 4.92. The molecule has 80 valence electrons. The van der Waals surface area contributed by atoms with Crippen molar-refractivity contribution >= 4 is 17.2 Å². The van der Waals surface area contributed by atoms with Gasteiger partial charge in [-0.05, 0) is 29.9 Å². The monoisotopic (exact) mass is 221 g/mol. The lowest BCUT2D eigenvalue weighted by Gasteiger charge is -1.95. The molecule has 0 atom stereocenters. The molecule has 0 spiro atoms. The minimum Gasteiger partial charge on any atom is -0.369 e. The molecular formula is C12H15NOS. The van der Waals surface area contributed by atoms with E-state index < -0.39 is 0 Å². The number of unbranched alkanes of at least 4 members (excludes halogenated alkanes) is 1. The van der Waals surface area contributed by atoms with E-state index in [1.54, 1.807) is 11.3 Å². The second kappa shape index (κ2) is 6.26. The fourth-order valence-electron chi connectivity index (χ4n) is 1.22. The normalized spacial score (nSPS) is 9.40. The van der Waals surface area contributed by atoms with Crippen LogP contribution in [-0.4, -0.2) is 5.91 Å². The third-order valence-corrected chi connectivity index (χ3v) is 2.88. The van der Waals surface area contributed by atoms with Crippen LogP contribution in [0.5, 0.6) is 0 Å². The molecule has 1 amide bonds. The highest BCUT2D eigenvalue weighted by Crippen LogP contribution is 2.17. The van der Waals surface area contributed by atoms with Gasteiger partial charge in [-0.2, -0.15) is 0 Å². The number of hydrogen-bond acceptors (Lipinski definition) is 2. The summed E-state index contributed by atoms with van der Waals surface area (Å²) < 4.78 is 0. The molecule has 0 radical (unpaired) electrons. The Bertz CT molecular complexity index is 384. The van der Waals surface area contributed by atoms with Gasteiger partial charge in [0.25, 0.3) is 0 Å². The fourth-order valence-corrected chi connectivity index (χ4v) is 2.04. The minimum atomic E-state index is -0.367. The first-order chi connectivity index (χ1) is 7.24. The van der Waals surface area contributed by atoms with Gasteiger partial charge in [0.1, 0.15) is 0 Å². The molecule has 0 unspecified atom stereocenters. The van der Waals surface area contributed by atoms with Crippen LogP contribution in [0.3, 0.4) is 0 Å². The van der Waals surface area contributed by atoms with E-state index in [9.17, 15) is 4.79 Å². The summed E-state index contributed by atoms with van der Waals surface area (Å²) in [5.74, 6) is 5.42. The van der Waals surface area contributed by atoms with E-state index >= 15 is 0 Å². The topological polar surface area (TPSA) is 43.1 Å². The van der Waals surface area contributed by atoms with Gasteiger partial charge in [0.05, 0.1) is 11.3 Å². The molecule has 3 heteroatoms. The van der Waals surface area contributed by atoms with E-state index in [2.05, 4.69) is 24.8 Å². The van der Waals surface area contributed by atoms with Crippen molar-refractivity contribution in [3.8, 4) is 11.8 Å². The maximum atomic E-state index is 10.5. The summed E-state index contributed by atoms with van der Waals surface area (Å²) in [5, 5.41) is 2.04. The average molecular weight is 221 g/mol. The fraction of sp³-hybridized carbons (Fsp3) is 0.417. The summed E-state index contributed by atoms with van der Waals surface area (Å²) in [5.41, 5.74) is 6.30. The molecule has 0 aromatic carbocycles. The number of thiophene rings is 1. The summed E-state index contributed by atoms with van der Waals surface area (Å²) in [6.07, 6.45) is 3.58. The molecule has 0 saturated carbocycles. The van der Waals surface area contributed by atoms with Gasteiger partial charge < -0.3 is 5.73 Å². The Morgan fingerprint density at radius 3 is 3.07 bits per heavy atom. The number of aryl methyl sites for hydroxylation is 1. The number of nitrogens with two attached hydrogens (primary N) is 1. The number of carbonyl (C=O) groups excluding carboxylic acids is 1. The van der Waals surface area contributed by atoms with Crippen molar-refractivity contribution in [3.05, 3.63) is 21.9 Å². The van der Waals surface area contributed by atoms with Crippen LogP contribution in [0.1, 0.15) is 36.6 Å². The summed E-state index contributed by atoms with van der Waals surface area (Å²) >= 11 is 1.63. The third-order valence-electron chi connectivity index (χ3n) is 2.01. The molecule has 2 N–H and O–H groups in total. The number of rotatable bonds is 4. The van der Waals surface area contributed by atoms with E-state index in [4.69, 9.17) is 5.73 Å². The lowest BCUT2D eigenvalue weighted by Crippen LogP contribution is -2.08. The van der Waals surface area contributed by atoms with E-state index in [0.717, 1.165) is 11.3 Å². The van der Waals surface area contributed by atoms with Gasteiger partial charge in [-0.3, -0.25) is 4.79 Å². The Morgan fingerprint density at radius 1 is 1.60 bits per heavy atom. The van der Waals surface area contributed by atoms with Crippen LogP contribution in [0, 0.1) is 11.8 Å². The van der Waals surface area contributed by atoms with Crippen molar-refractivity contribution < 1.29 is 4.79 Å². The van der Waals surface area contributed by atoms with Crippen molar-refractivity contribution in [2.45, 2.75) is 32.6 Å². The molecule has 0 aliphatic carbocycles. The highest BCUT2D eigenvalue weighted by Gasteiger charge is 2.00. The quantitative estimate of drug-likeness (QED) is 0.779. The number of hydrogen-bond donors (Lipinski definition) is 1. The lowest BCUT2D eigenvalue weighted by atomic mass is 10.1. The third kappa shape index (κ3) is 4.18. The van der Waals surface area contributed by atoms with Crippen molar-refractivity contribution in [2.75, 3.05) is 0 Å². The van der Waals surface area contributed by atoms with Crippen LogP contribution in [0.25, 0.3) is 0 Å². The summed E-state index contributed by atoms with van der Waals surface area (Å²) in [6.45, 7) is 2.17. The molecule has 0 aliphatic rings. The zero-order chi connectivity index (χ0) is 11.1. The second-order valence-corrected chi connectivity index (χ2v) is 4.24. The van der Waals surface area contributed by atoms with Gasteiger partial charge in [-0.25, -0.2) is 0 Å². The molecule has 0 aliphatic heterocycles. The van der Waals surface area contributed by atoms with Crippen LogP contribution in [0.15, 0.2) is 11.4 Å². The highest BCUT2D eigenvalue weighted by molar-refractivity contribution is 7.10. The second-order valence-electron chi connectivity index (χ2n) is 3.32. The van der Waals surface area contributed by atoms with Gasteiger partial charge in [0, 0.05) is 0 Å².